The molecule has 0 bridgehead atoms. The summed E-state index contributed by atoms with van der Waals surface area (Å²) in [5, 5.41) is 9.33. The van der Waals surface area contributed by atoms with Gasteiger partial charge in [-0.15, -0.1) is 10.2 Å². The highest BCUT2D eigenvalue weighted by atomic mass is 35.5. The number of hydrogen-bond acceptors (Lipinski definition) is 7. The molecule has 0 unspecified atom stereocenters. The minimum absolute atomic E-state index is 0.0792. The molecule has 0 saturated carbocycles. The van der Waals surface area contributed by atoms with Crippen LogP contribution in [-0.2, 0) is 17.8 Å². The van der Waals surface area contributed by atoms with Crippen molar-refractivity contribution in [3.63, 3.8) is 0 Å². The molecule has 1 spiro atoms. The minimum Gasteiger partial charge on any atom is -0.440 e. The Hall–Kier alpha value is -3.47. The summed E-state index contributed by atoms with van der Waals surface area (Å²) in [6.07, 6.45) is -0.443. The Morgan fingerprint density at radius 3 is 2.56 bits per heavy atom. The van der Waals surface area contributed by atoms with Gasteiger partial charge in [0.1, 0.15) is 19.2 Å². The van der Waals surface area contributed by atoms with Crippen LogP contribution in [0.3, 0.4) is 0 Å². The van der Waals surface area contributed by atoms with Gasteiger partial charge >= 0.3 is 6.09 Å². The van der Waals surface area contributed by atoms with E-state index in [1.54, 1.807) is 18.3 Å². The number of amides is 1. The summed E-state index contributed by atoms with van der Waals surface area (Å²) in [6.45, 7) is 1.58. The first-order valence-electron chi connectivity index (χ1n) is 11.7. The smallest absolute Gasteiger partial charge is 0.410 e. The molecular formula is C24H24ClF2N7O2. The Kier molecular flexibility index (Phi) is 5.66. The molecule has 12 heteroatoms. The average Bonchev–Trinajstić information content (AvgIpc) is 3.16. The van der Waals surface area contributed by atoms with Gasteiger partial charge in [0.05, 0.1) is 18.8 Å². The molecule has 9 nitrogen and oxygen atoms in total. The van der Waals surface area contributed by atoms with Crippen LogP contribution < -0.4 is 9.80 Å². The number of carbonyl (C=O) groups excluding carboxylic acids is 1. The van der Waals surface area contributed by atoms with Gasteiger partial charge in [0.15, 0.2) is 11.9 Å². The largest absolute Gasteiger partial charge is 0.440 e. The lowest BCUT2D eigenvalue weighted by atomic mass is 9.73. The lowest BCUT2D eigenvalue weighted by molar-refractivity contribution is 0.0354. The zero-order valence-electron chi connectivity index (χ0n) is 19.4. The molecule has 0 aliphatic carbocycles. The van der Waals surface area contributed by atoms with Gasteiger partial charge in [-0.25, -0.2) is 18.6 Å². The van der Waals surface area contributed by atoms with Crippen molar-refractivity contribution in [1.29, 1.82) is 0 Å². The molecule has 0 N–H and O–H groups in total. The van der Waals surface area contributed by atoms with Gasteiger partial charge in [0, 0.05) is 42.8 Å². The SMILES string of the molecule is O=C(OC(CF)CF)N1Cc2cc(Cl)ccc2-n2c(nnc2N2CC3(CN(c4ccccn4)C3)C2)C1. The number of alkyl halides is 2. The second kappa shape index (κ2) is 8.88. The Morgan fingerprint density at radius 1 is 1.06 bits per heavy atom. The first-order valence-corrected chi connectivity index (χ1v) is 12.1. The van der Waals surface area contributed by atoms with Crippen molar-refractivity contribution in [1.82, 2.24) is 24.6 Å². The average molecular weight is 516 g/mol. The van der Waals surface area contributed by atoms with Crippen molar-refractivity contribution in [2.75, 3.05) is 49.3 Å². The Balaban J connectivity index is 1.24. The third-order valence-electron chi connectivity index (χ3n) is 6.92. The molecule has 0 radical (unpaired) electrons. The molecular weight excluding hydrogens is 492 g/mol. The van der Waals surface area contributed by atoms with E-state index >= 15 is 0 Å². The number of hydrogen-bond donors (Lipinski definition) is 0. The zero-order valence-corrected chi connectivity index (χ0v) is 20.1. The van der Waals surface area contributed by atoms with E-state index in [0.29, 0.717) is 16.8 Å². The molecule has 1 aromatic carbocycles. The minimum atomic E-state index is -1.43. The first kappa shape index (κ1) is 23.0. The van der Waals surface area contributed by atoms with E-state index in [1.165, 1.54) is 4.90 Å². The lowest BCUT2D eigenvalue weighted by Gasteiger charge is -2.60. The second-order valence-corrected chi connectivity index (χ2v) is 10.0. The summed E-state index contributed by atoms with van der Waals surface area (Å²) in [7, 11) is 0. The van der Waals surface area contributed by atoms with E-state index in [9.17, 15) is 13.6 Å². The van der Waals surface area contributed by atoms with Gasteiger partial charge in [-0.3, -0.25) is 9.47 Å². The monoisotopic (exact) mass is 515 g/mol. The van der Waals surface area contributed by atoms with Crippen LogP contribution in [-0.4, -0.2) is 76.4 Å². The number of fused-ring (bicyclic) bond motifs is 3. The van der Waals surface area contributed by atoms with Crippen molar-refractivity contribution < 1.29 is 18.3 Å². The van der Waals surface area contributed by atoms with Crippen LogP contribution in [0.4, 0.5) is 25.3 Å². The fourth-order valence-electron chi connectivity index (χ4n) is 5.21. The van der Waals surface area contributed by atoms with E-state index in [0.717, 1.165) is 43.2 Å². The number of carbonyl (C=O) groups is 1. The fourth-order valence-corrected chi connectivity index (χ4v) is 5.41. The Morgan fingerprint density at radius 2 is 1.83 bits per heavy atom. The van der Waals surface area contributed by atoms with Gasteiger partial charge in [0.25, 0.3) is 0 Å². The molecule has 2 aromatic heterocycles. The zero-order chi connectivity index (χ0) is 24.9. The van der Waals surface area contributed by atoms with Gasteiger partial charge < -0.3 is 14.5 Å². The Bertz CT molecular complexity index is 1270. The molecule has 3 aliphatic heterocycles. The number of nitrogens with zero attached hydrogens (tertiary/aromatic N) is 7. The second-order valence-electron chi connectivity index (χ2n) is 9.60. The van der Waals surface area contributed by atoms with Gasteiger partial charge in [-0.05, 0) is 35.9 Å². The van der Waals surface area contributed by atoms with Gasteiger partial charge in [-0.2, -0.15) is 0 Å². The molecule has 3 aliphatic rings. The molecule has 6 rings (SSSR count). The van der Waals surface area contributed by atoms with E-state index in [2.05, 4.69) is 25.0 Å². The number of anilines is 2. The number of rotatable bonds is 5. The van der Waals surface area contributed by atoms with Crippen LogP contribution in [0.15, 0.2) is 42.6 Å². The van der Waals surface area contributed by atoms with Crippen LogP contribution in [0, 0.1) is 5.41 Å². The van der Waals surface area contributed by atoms with Crippen molar-refractivity contribution >= 4 is 29.5 Å². The van der Waals surface area contributed by atoms with E-state index in [4.69, 9.17) is 16.3 Å². The highest BCUT2D eigenvalue weighted by molar-refractivity contribution is 6.30. The van der Waals surface area contributed by atoms with Crippen LogP contribution >= 0.6 is 11.6 Å². The number of halogens is 3. The predicted octanol–water partition coefficient (Wildman–Crippen LogP) is 3.40. The third kappa shape index (κ3) is 3.91. The predicted molar refractivity (Wildman–Crippen MR) is 129 cm³/mol. The molecule has 0 atom stereocenters. The lowest BCUT2D eigenvalue weighted by Crippen LogP contribution is -2.73. The summed E-state index contributed by atoms with van der Waals surface area (Å²) < 4.78 is 32.9. The van der Waals surface area contributed by atoms with Crippen molar-refractivity contribution in [3.8, 4) is 5.69 Å². The Labute approximate surface area is 211 Å². The topological polar surface area (TPSA) is 79.6 Å². The standard InChI is InChI=1S/C24H24ClF2N7O2/c25-17-4-5-19-16(7-17)10-31(23(35)36-18(8-26)9-27)11-21-29-30-22(34(19)21)33-14-24(15-33)12-32(13-24)20-3-1-2-6-28-20/h1-7,18H,8-15H2. The van der Waals surface area contributed by atoms with Crippen molar-refractivity contribution in [3.05, 3.63) is 59.0 Å². The molecule has 2 saturated heterocycles. The summed E-state index contributed by atoms with van der Waals surface area (Å²) in [5.74, 6) is 2.21. The molecule has 1 amide bonds. The summed E-state index contributed by atoms with van der Waals surface area (Å²) >= 11 is 6.26. The quantitative estimate of drug-likeness (QED) is 0.515. The fraction of sp³-hybridized carbons (Fsp3) is 0.417. The van der Waals surface area contributed by atoms with E-state index in [-0.39, 0.29) is 18.5 Å². The molecule has 2 fully saturated rings. The van der Waals surface area contributed by atoms with Gasteiger partial charge in [-0.1, -0.05) is 17.7 Å². The highest BCUT2D eigenvalue weighted by Crippen LogP contribution is 2.44. The number of benzene rings is 1. The number of pyridine rings is 1. The third-order valence-corrected chi connectivity index (χ3v) is 7.16. The van der Waals surface area contributed by atoms with Crippen LogP contribution in [0.25, 0.3) is 5.69 Å². The molecule has 5 heterocycles. The maximum Gasteiger partial charge on any atom is 0.410 e. The summed E-state index contributed by atoms with van der Waals surface area (Å²) in [5.41, 5.74) is 1.75. The normalized spacial score (nSPS) is 17.8. The summed E-state index contributed by atoms with van der Waals surface area (Å²) in [4.78, 5) is 23.0. The molecule has 188 valence electrons. The van der Waals surface area contributed by atoms with Crippen molar-refractivity contribution in [2.45, 2.75) is 19.2 Å². The molecule has 36 heavy (non-hydrogen) atoms. The van der Waals surface area contributed by atoms with Crippen LogP contribution in [0.5, 0.6) is 0 Å². The van der Waals surface area contributed by atoms with Gasteiger partial charge in [0.2, 0.25) is 5.95 Å². The van der Waals surface area contributed by atoms with E-state index < -0.39 is 25.5 Å². The summed E-state index contributed by atoms with van der Waals surface area (Å²) in [6, 6.07) is 11.3. The van der Waals surface area contributed by atoms with E-state index in [1.807, 2.05) is 28.8 Å². The first-order chi connectivity index (χ1) is 17.5. The van der Waals surface area contributed by atoms with Crippen LogP contribution in [0.1, 0.15) is 11.4 Å². The maximum absolute atomic E-state index is 13.0. The number of ether oxygens (including phenoxy) is 1. The van der Waals surface area contributed by atoms with Crippen molar-refractivity contribution in [2.24, 2.45) is 5.41 Å². The highest BCUT2D eigenvalue weighted by Gasteiger charge is 2.53. The van der Waals surface area contributed by atoms with Crippen LogP contribution in [0.2, 0.25) is 5.02 Å². The maximum atomic E-state index is 13.0. The molecule has 3 aromatic rings. The number of aromatic nitrogens is 4.